The number of hydrogen-bond acceptors (Lipinski definition) is 2. The molecule has 0 fully saturated rings. The van der Waals surface area contributed by atoms with E-state index < -0.39 is 0 Å². The van der Waals surface area contributed by atoms with Crippen molar-refractivity contribution in [3.8, 4) is 0 Å². The molecule has 1 aromatic carbocycles. The lowest BCUT2D eigenvalue weighted by molar-refractivity contribution is -0.119. The molecule has 1 N–H and O–H groups in total. The second-order valence-corrected chi connectivity index (χ2v) is 4.19. The van der Waals surface area contributed by atoms with Crippen molar-refractivity contribution in [3.63, 3.8) is 0 Å². The Labute approximate surface area is 95.5 Å². The van der Waals surface area contributed by atoms with Crippen LogP contribution in [0.15, 0.2) is 24.3 Å². The van der Waals surface area contributed by atoms with Gasteiger partial charge in [-0.05, 0) is 30.4 Å². The third-order valence-electron chi connectivity index (χ3n) is 2.85. The molecule has 2 rings (SSSR count). The third-order valence-corrected chi connectivity index (χ3v) is 3.14. The molecular weight excluding hydrogens is 206 g/mol. The molecule has 0 spiro atoms. The lowest BCUT2D eigenvalue weighted by Crippen LogP contribution is -2.31. The van der Waals surface area contributed by atoms with Crippen LogP contribution in [0, 0.1) is 0 Å². The number of aryl methyl sites for hydroxylation is 1. The van der Waals surface area contributed by atoms with Gasteiger partial charge in [-0.1, -0.05) is 24.3 Å². The lowest BCUT2D eigenvalue weighted by atomic mass is 9.88. The second-order valence-electron chi connectivity index (χ2n) is 3.87. The van der Waals surface area contributed by atoms with Crippen LogP contribution in [0.2, 0.25) is 0 Å². The SMILES string of the molecule is O=C(CS)NC1CCCc2ccccc21. The summed E-state index contributed by atoms with van der Waals surface area (Å²) in [6, 6.07) is 8.53. The highest BCUT2D eigenvalue weighted by Gasteiger charge is 2.20. The fraction of sp³-hybridized carbons (Fsp3) is 0.417. The summed E-state index contributed by atoms with van der Waals surface area (Å²) in [7, 11) is 0. The van der Waals surface area contributed by atoms with Crippen LogP contribution in [0.4, 0.5) is 0 Å². The number of carbonyl (C=O) groups is 1. The zero-order valence-corrected chi connectivity index (χ0v) is 9.47. The van der Waals surface area contributed by atoms with E-state index in [1.54, 1.807) is 0 Å². The minimum absolute atomic E-state index is 0.0139. The van der Waals surface area contributed by atoms with Gasteiger partial charge in [-0.15, -0.1) is 0 Å². The van der Waals surface area contributed by atoms with E-state index in [0.717, 1.165) is 19.3 Å². The first-order valence-electron chi connectivity index (χ1n) is 5.29. The van der Waals surface area contributed by atoms with Crippen LogP contribution >= 0.6 is 12.6 Å². The van der Waals surface area contributed by atoms with Gasteiger partial charge in [-0.2, -0.15) is 12.6 Å². The van der Waals surface area contributed by atoms with Crippen LogP contribution in [0.25, 0.3) is 0 Å². The van der Waals surface area contributed by atoms with Crippen molar-refractivity contribution >= 4 is 18.5 Å². The molecule has 1 aliphatic carbocycles. The Balaban J connectivity index is 2.18. The normalized spacial score (nSPS) is 19.4. The molecule has 2 nitrogen and oxygen atoms in total. The maximum Gasteiger partial charge on any atom is 0.230 e. The smallest absolute Gasteiger partial charge is 0.230 e. The van der Waals surface area contributed by atoms with E-state index in [9.17, 15) is 4.79 Å². The van der Waals surface area contributed by atoms with Gasteiger partial charge in [0.15, 0.2) is 0 Å². The van der Waals surface area contributed by atoms with Gasteiger partial charge in [0, 0.05) is 0 Å². The molecular formula is C12H15NOS. The molecule has 1 atom stereocenters. The van der Waals surface area contributed by atoms with E-state index in [0.29, 0.717) is 0 Å². The summed E-state index contributed by atoms with van der Waals surface area (Å²) < 4.78 is 0. The lowest BCUT2D eigenvalue weighted by Gasteiger charge is -2.26. The van der Waals surface area contributed by atoms with Gasteiger partial charge in [0.1, 0.15) is 0 Å². The van der Waals surface area contributed by atoms with Crippen molar-refractivity contribution in [2.75, 3.05) is 5.75 Å². The van der Waals surface area contributed by atoms with Crippen LogP contribution in [0.5, 0.6) is 0 Å². The van der Waals surface area contributed by atoms with Gasteiger partial charge in [0.05, 0.1) is 11.8 Å². The van der Waals surface area contributed by atoms with Crippen molar-refractivity contribution in [3.05, 3.63) is 35.4 Å². The Kier molecular flexibility index (Phi) is 3.31. The quantitative estimate of drug-likeness (QED) is 0.736. The van der Waals surface area contributed by atoms with E-state index >= 15 is 0 Å². The van der Waals surface area contributed by atoms with Crippen molar-refractivity contribution in [2.45, 2.75) is 25.3 Å². The fourth-order valence-corrected chi connectivity index (χ4v) is 2.24. The molecule has 1 aromatic rings. The second kappa shape index (κ2) is 4.71. The van der Waals surface area contributed by atoms with Gasteiger partial charge < -0.3 is 5.32 Å². The van der Waals surface area contributed by atoms with Crippen molar-refractivity contribution < 1.29 is 4.79 Å². The molecule has 0 saturated carbocycles. The Bertz CT molecular complexity index is 364. The van der Waals surface area contributed by atoms with Crippen molar-refractivity contribution in [1.82, 2.24) is 5.32 Å². The zero-order chi connectivity index (χ0) is 10.7. The first-order chi connectivity index (χ1) is 7.31. The van der Waals surface area contributed by atoms with E-state index in [1.165, 1.54) is 11.1 Å². The minimum atomic E-state index is 0.0139. The fourth-order valence-electron chi connectivity index (χ4n) is 2.14. The number of hydrogen-bond donors (Lipinski definition) is 2. The van der Waals surface area contributed by atoms with E-state index in [4.69, 9.17) is 0 Å². The first kappa shape index (κ1) is 10.6. The first-order valence-corrected chi connectivity index (χ1v) is 5.92. The largest absolute Gasteiger partial charge is 0.349 e. The molecule has 1 unspecified atom stereocenters. The topological polar surface area (TPSA) is 29.1 Å². The van der Waals surface area contributed by atoms with Crippen LogP contribution in [-0.4, -0.2) is 11.7 Å². The van der Waals surface area contributed by atoms with Gasteiger partial charge in [0.2, 0.25) is 5.91 Å². The third kappa shape index (κ3) is 2.34. The van der Waals surface area contributed by atoms with Crippen LogP contribution < -0.4 is 5.32 Å². The summed E-state index contributed by atoms with van der Waals surface area (Å²) in [6.45, 7) is 0. The van der Waals surface area contributed by atoms with Gasteiger partial charge in [-0.3, -0.25) is 4.79 Å². The van der Waals surface area contributed by atoms with E-state index in [-0.39, 0.29) is 17.7 Å². The van der Waals surface area contributed by atoms with Gasteiger partial charge >= 0.3 is 0 Å². The predicted molar refractivity (Wildman–Crippen MR) is 64.1 cm³/mol. The molecule has 0 aromatic heterocycles. The Hall–Kier alpha value is -0.960. The maximum absolute atomic E-state index is 11.3. The minimum Gasteiger partial charge on any atom is -0.349 e. The number of fused-ring (bicyclic) bond motifs is 1. The Morgan fingerprint density at radius 1 is 1.47 bits per heavy atom. The molecule has 15 heavy (non-hydrogen) atoms. The van der Waals surface area contributed by atoms with Crippen LogP contribution in [0.1, 0.15) is 30.0 Å². The Morgan fingerprint density at radius 3 is 3.07 bits per heavy atom. The molecule has 0 saturated heterocycles. The molecule has 0 bridgehead atoms. The average molecular weight is 221 g/mol. The molecule has 3 heteroatoms. The summed E-state index contributed by atoms with van der Waals surface area (Å²) in [5.74, 6) is 0.276. The maximum atomic E-state index is 11.3. The molecule has 0 aliphatic heterocycles. The summed E-state index contributed by atoms with van der Waals surface area (Å²) in [4.78, 5) is 11.3. The molecule has 0 radical (unpaired) electrons. The van der Waals surface area contributed by atoms with Gasteiger partial charge in [-0.25, -0.2) is 0 Å². The average Bonchev–Trinajstić information content (AvgIpc) is 2.29. The van der Waals surface area contributed by atoms with Gasteiger partial charge in [0.25, 0.3) is 0 Å². The number of benzene rings is 1. The summed E-state index contributed by atoms with van der Waals surface area (Å²) >= 11 is 3.97. The zero-order valence-electron chi connectivity index (χ0n) is 8.57. The van der Waals surface area contributed by atoms with Crippen LogP contribution in [-0.2, 0) is 11.2 Å². The number of rotatable bonds is 2. The highest BCUT2D eigenvalue weighted by atomic mass is 32.1. The highest BCUT2D eigenvalue weighted by Crippen LogP contribution is 2.29. The van der Waals surface area contributed by atoms with Crippen molar-refractivity contribution in [2.24, 2.45) is 0 Å². The predicted octanol–water partition coefficient (Wildman–Crippen LogP) is 2.11. The monoisotopic (exact) mass is 221 g/mol. The number of carbonyl (C=O) groups excluding carboxylic acids is 1. The van der Waals surface area contributed by atoms with Crippen molar-refractivity contribution in [1.29, 1.82) is 0 Å². The molecule has 0 heterocycles. The molecule has 80 valence electrons. The van der Waals surface area contributed by atoms with E-state index in [1.807, 2.05) is 6.07 Å². The standard InChI is InChI=1S/C12H15NOS/c14-12(8-15)13-11-7-3-5-9-4-1-2-6-10(9)11/h1-2,4,6,11,15H,3,5,7-8H2,(H,13,14). The molecule has 1 aliphatic rings. The highest BCUT2D eigenvalue weighted by molar-refractivity contribution is 7.81. The summed E-state index contributed by atoms with van der Waals surface area (Å²) in [5.41, 5.74) is 2.65. The van der Waals surface area contributed by atoms with Crippen LogP contribution in [0.3, 0.4) is 0 Å². The summed E-state index contributed by atoms with van der Waals surface area (Å²) in [6.07, 6.45) is 3.31. The number of amides is 1. The molecule has 1 amide bonds. The summed E-state index contributed by atoms with van der Waals surface area (Å²) in [5, 5.41) is 3.01. The number of thiol groups is 1. The van der Waals surface area contributed by atoms with E-state index in [2.05, 4.69) is 36.1 Å². The Morgan fingerprint density at radius 2 is 2.27 bits per heavy atom. The number of nitrogens with one attached hydrogen (secondary N) is 1.